The lowest BCUT2D eigenvalue weighted by Gasteiger charge is -2.21. The highest BCUT2D eigenvalue weighted by molar-refractivity contribution is 5.91. The molecule has 0 aliphatic heterocycles. The average Bonchev–Trinajstić information content (AvgIpc) is 2.75. The molecule has 1 amide bonds. The van der Waals surface area contributed by atoms with Gasteiger partial charge in [-0.25, -0.2) is 4.79 Å². The van der Waals surface area contributed by atoms with Crippen LogP contribution >= 0.6 is 0 Å². The van der Waals surface area contributed by atoms with E-state index in [1.165, 1.54) is 7.11 Å². The normalized spacial score (nSPS) is 10.1. The Morgan fingerprint density at radius 1 is 0.929 bits per heavy atom. The molecule has 0 aliphatic carbocycles. The molecule has 0 radical (unpaired) electrons. The molecule has 2 aromatic carbocycles. The van der Waals surface area contributed by atoms with Gasteiger partial charge < -0.3 is 23.8 Å². The Morgan fingerprint density at radius 3 is 2.32 bits per heavy atom. The monoisotopic (exact) mass is 387 g/mol. The van der Waals surface area contributed by atoms with E-state index in [0.29, 0.717) is 35.9 Å². The molecule has 0 atom stereocenters. The number of benzene rings is 2. The van der Waals surface area contributed by atoms with Crippen molar-refractivity contribution in [3.05, 3.63) is 53.6 Å². The number of nitrogens with zero attached hydrogens (tertiary/aromatic N) is 1. The van der Waals surface area contributed by atoms with Gasteiger partial charge in [0, 0.05) is 13.1 Å². The number of amides is 1. The first-order valence-electron chi connectivity index (χ1n) is 8.82. The predicted molar refractivity (Wildman–Crippen MR) is 104 cm³/mol. The van der Waals surface area contributed by atoms with Crippen LogP contribution < -0.4 is 14.2 Å². The van der Waals surface area contributed by atoms with E-state index < -0.39 is 5.97 Å². The highest BCUT2D eigenvalue weighted by Gasteiger charge is 2.17. The Hall–Kier alpha value is -3.22. The van der Waals surface area contributed by atoms with Crippen molar-refractivity contribution in [3.63, 3.8) is 0 Å². The summed E-state index contributed by atoms with van der Waals surface area (Å²) >= 11 is 0. The van der Waals surface area contributed by atoms with E-state index in [4.69, 9.17) is 18.9 Å². The zero-order valence-corrected chi connectivity index (χ0v) is 16.6. The smallest absolute Gasteiger partial charge is 0.338 e. The summed E-state index contributed by atoms with van der Waals surface area (Å²) in [4.78, 5) is 26.2. The predicted octanol–water partition coefficient (Wildman–Crippen LogP) is 2.92. The van der Waals surface area contributed by atoms with Gasteiger partial charge in [0.15, 0.2) is 18.1 Å². The standard InChI is InChI=1S/C21H25NO6/c1-5-22(13-15-9-10-18(26-3)19(11-15)27-4)20(23)14-28-21(24)16-7-6-8-17(12-16)25-2/h6-12H,5,13-14H2,1-4H3. The lowest BCUT2D eigenvalue weighted by Crippen LogP contribution is -2.34. The Morgan fingerprint density at radius 2 is 1.68 bits per heavy atom. The van der Waals surface area contributed by atoms with Crippen LogP contribution in [0.3, 0.4) is 0 Å². The third-order valence-corrected chi connectivity index (χ3v) is 4.19. The number of likely N-dealkylation sites (N-methyl/N-ethyl adjacent to an activating group) is 1. The zero-order chi connectivity index (χ0) is 20.5. The van der Waals surface area contributed by atoms with Crippen molar-refractivity contribution in [2.24, 2.45) is 0 Å². The van der Waals surface area contributed by atoms with Crippen LogP contribution in [0, 0.1) is 0 Å². The fraction of sp³-hybridized carbons (Fsp3) is 0.333. The molecule has 2 aromatic rings. The van der Waals surface area contributed by atoms with Crippen LogP contribution in [0.5, 0.6) is 17.2 Å². The Bertz CT molecular complexity index is 820. The fourth-order valence-electron chi connectivity index (χ4n) is 2.63. The van der Waals surface area contributed by atoms with Crippen LogP contribution in [-0.4, -0.2) is 51.3 Å². The second-order valence-electron chi connectivity index (χ2n) is 5.91. The van der Waals surface area contributed by atoms with Gasteiger partial charge >= 0.3 is 5.97 Å². The Kier molecular flexibility index (Phi) is 7.68. The molecule has 0 unspecified atom stereocenters. The van der Waals surface area contributed by atoms with Gasteiger partial charge in [-0.05, 0) is 42.8 Å². The molecule has 0 aliphatic rings. The van der Waals surface area contributed by atoms with Crippen LogP contribution in [0.15, 0.2) is 42.5 Å². The van der Waals surface area contributed by atoms with Gasteiger partial charge in [-0.2, -0.15) is 0 Å². The van der Waals surface area contributed by atoms with E-state index in [9.17, 15) is 9.59 Å². The van der Waals surface area contributed by atoms with E-state index in [1.54, 1.807) is 49.5 Å². The average molecular weight is 387 g/mol. The van der Waals surface area contributed by atoms with E-state index in [0.717, 1.165) is 5.56 Å². The van der Waals surface area contributed by atoms with Crippen LogP contribution in [-0.2, 0) is 16.1 Å². The largest absolute Gasteiger partial charge is 0.497 e. The van der Waals surface area contributed by atoms with Crippen molar-refractivity contribution in [1.82, 2.24) is 4.90 Å². The lowest BCUT2D eigenvalue weighted by atomic mass is 10.2. The summed E-state index contributed by atoms with van der Waals surface area (Å²) in [5.41, 5.74) is 1.21. The molecule has 0 heterocycles. The van der Waals surface area contributed by atoms with Gasteiger partial charge in [0.1, 0.15) is 5.75 Å². The first-order valence-corrected chi connectivity index (χ1v) is 8.82. The molecule has 7 nitrogen and oxygen atoms in total. The number of ether oxygens (including phenoxy) is 4. The van der Waals surface area contributed by atoms with E-state index in [-0.39, 0.29) is 12.5 Å². The Labute approximate surface area is 164 Å². The van der Waals surface area contributed by atoms with Crippen molar-refractivity contribution < 1.29 is 28.5 Å². The number of carbonyl (C=O) groups excluding carboxylic acids is 2. The second-order valence-corrected chi connectivity index (χ2v) is 5.91. The number of rotatable bonds is 9. The highest BCUT2D eigenvalue weighted by Crippen LogP contribution is 2.28. The maximum absolute atomic E-state index is 12.5. The minimum Gasteiger partial charge on any atom is -0.497 e. The zero-order valence-electron chi connectivity index (χ0n) is 16.6. The van der Waals surface area contributed by atoms with Crippen molar-refractivity contribution in [3.8, 4) is 17.2 Å². The number of hydrogen-bond donors (Lipinski definition) is 0. The molecule has 0 saturated heterocycles. The summed E-state index contributed by atoms with van der Waals surface area (Å²) in [7, 11) is 4.64. The van der Waals surface area contributed by atoms with Crippen LogP contribution in [0.25, 0.3) is 0 Å². The van der Waals surface area contributed by atoms with Crippen LogP contribution in [0.2, 0.25) is 0 Å². The SMILES string of the molecule is CCN(Cc1ccc(OC)c(OC)c1)C(=O)COC(=O)c1cccc(OC)c1. The number of carbonyl (C=O) groups is 2. The number of hydrogen-bond acceptors (Lipinski definition) is 6. The summed E-state index contributed by atoms with van der Waals surface area (Å²) in [6.45, 7) is 2.37. The maximum Gasteiger partial charge on any atom is 0.338 e. The lowest BCUT2D eigenvalue weighted by molar-refractivity contribution is -0.134. The van der Waals surface area contributed by atoms with E-state index in [2.05, 4.69) is 0 Å². The molecule has 0 saturated carbocycles. The molecule has 0 spiro atoms. The first kappa shape index (κ1) is 21.1. The van der Waals surface area contributed by atoms with Crippen molar-refractivity contribution >= 4 is 11.9 Å². The summed E-state index contributed by atoms with van der Waals surface area (Å²) in [6.07, 6.45) is 0. The number of esters is 1. The quantitative estimate of drug-likeness (QED) is 0.616. The molecule has 2 rings (SSSR count). The molecule has 0 fully saturated rings. The van der Waals surface area contributed by atoms with Gasteiger partial charge in [-0.15, -0.1) is 0 Å². The van der Waals surface area contributed by atoms with Crippen LogP contribution in [0.1, 0.15) is 22.8 Å². The fourth-order valence-corrected chi connectivity index (χ4v) is 2.63. The van der Waals surface area contributed by atoms with Gasteiger partial charge in [-0.1, -0.05) is 12.1 Å². The van der Waals surface area contributed by atoms with Gasteiger partial charge in [0.05, 0.1) is 26.9 Å². The molecular formula is C21H25NO6. The van der Waals surface area contributed by atoms with Crippen LogP contribution in [0.4, 0.5) is 0 Å². The topological polar surface area (TPSA) is 74.3 Å². The number of methoxy groups -OCH3 is 3. The van der Waals surface area contributed by atoms with E-state index in [1.807, 2.05) is 19.1 Å². The minimum absolute atomic E-state index is 0.284. The molecular weight excluding hydrogens is 362 g/mol. The Balaban J connectivity index is 1.98. The van der Waals surface area contributed by atoms with Gasteiger partial charge in [-0.3, -0.25) is 4.79 Å². The summed E-state index contributed by atoms with van der Waals surface area (Å²) in [6, 6.07) is 12.0. The van der Waals surface area contributed by atoms with Gasteiger partial charge in [0.2, 0.25) is 0 Å². The molecule has 0 aromatic heterocycles. The summed E-state index contributed by atoms with van der Waals surface area (Å²) in [5, 5.41) is 0. The minimum atomic E-state index is -0.575. The van der Waals surface area contributed by atoms with Crippen molar-refractivity contribution in [2.45, 2.75) is 13.5 Å². The molecule has 0 bridgehead atoms. The van der Waals surface area contributed by atoms with Crippen molar-refractivity contribution in [2.75, 3.05) is 34.5 Å². The second kappa shape index (κ2) is 10.2. The highest BCUT2D eigenvalue weighted by atomic mass is 16.5. The van der Waals surface area contributed by atoms with Crippen molar-refractivity contribution in [1.29, 1.82) is 0 Å². The summed E-state index contributed by atoms with van der Waals surface area (Å²) in [5.74, 6) is 0.896. The third-order valence-electron chi connectivity index (χ3n) is 4.19. The third kappa shape index (κ3) is 5.39. The molecule has 7 heteroatoms. The van der Waals surface area contributed by atoms with Gasteiger partial charge in [0.25, 0.3) is 5.91 Å². The molecule has 150 valence electrons. The summed E-state index contributed by atoms with van der Waals surface area (Å²) < 4.78 is 20.8. The van der Waals surface area contributed by atoms with E-state index >= 15 is 0 Å². The maximum atomic E-state index is 12.5. The molecule has 28 heavy (non-hydrogen) atoms. The first-order chi connectivity index (χ1) is 13.5. The molecule has 0 N–H and O–H groups in total.